The lowest BCUT2D eigenvalue weighted by atomic mass is 10.2. The minimum atomic E-state index is -3.91. The van der Waals surface area contributed by atoms with Gasteiger partial charge >= 0.3 is 0 Å². The number of aromatic nitrogens is 2. The Morgan fingerprint density at radius 3 is 2.48 bits per heavy atom. The topological polar surface area (TPSA) is 144 Å². The van der Waals surface area contributed by atoms with E-state index in [-0.39, 0.29) is 22.0 Å². The number of primary amides is 1. The number of aryl methyl sites for hydroxylation is 1. The van der Waals surface area contributed by atoms with Crippen molar-refractivity contribution in [1.82, 2.24) is 10.2 Å². The number of amides is 1. The van der Waals surface area contributed by atoms with Crippen molar-refractivity contribution in [1.29, 1.82) is 0 Å². The second-order valence-electron chi connectivity index (χ2n) is 4.54. The van der Waals surface area contributed by atoms with Crippen LogP contribution in [-0.2, 0) is 10.0 Å². The molecule has 1 amide bonds. The summed E-state index contributed by atoms with van der Waals surface area (Å²) in [5.41, 5.74) is 12.3. The van der Waals surface area contributed by atoms with Crippen molar-refractivity contribution in [2.45, 2.75) is 18.7 Å². The Morgan fingerprint density at radius 2 is 2.00 bits per heavy atom. The SMILES string of the molecule is Cc1[nH]nc(NS(=O)(=O)c2ccc(C(N)=O)cc2N)c1C. The van der Waals surface area contributed by atoms with Gasteiger partial charge in [0, 0.05) is 16.8 Å². The molecule has 6 N–H and O–H groups in total. The van der Waals surface area contributed by atoms with Gasteiger partial charge in [0.25, 0.3) is 10.0 Å². The van der Waals surface area contributed by atoms with Gasteiger partial charge in [-0.15, -0.1) is 0 Å². The van der Waals surface area contributed by atoms with E-state index in [0.29, 0.717) is 5.56 Å². The Hall–Kier alpha value is -2.55. The smallest absolute Gasteiger partial charge is 0.265 e. The standard InChI is InChI=1S/C12H15N5O3S/c1-6-7(2)15-16-12(6)17-21(19,20)10-4-3-8(11(14)18)5-9(10)13/h3-5H,13H2,1-2H3,(H2,14,18)(H2,15,16,17). The molecular formula is C12H15N5O3S. The second-order valence-corrected chi connectivity index (χ2v) is 6.20. The zero-order valence-electron chi connectivity index (χ0n) is 11.5. The molecule has 0 aliphatic heterocycles. The fourth-order valence-electron chi connectivity index (χ4n) is 1.71. The third-order valence-electron chi connectivity index (χ3n) is 3.07. The van der Waals surface area contributed by atoms with Gasteiger partial charge in [0.15, 0.2) is 5.82 Å². The lowest BCUT2D eigenvalue weighted by molar-refractivity contribution is 0.1000. The van der Waals surface area contributed by atoms with Gasteiger partial charge in [-0.25, -0.2) is 8.42 Å². The quantitative estimate of drug-likeness (QED) is 0.608. The number of benzene rings is 1. The molecule has 0 bridgehead atoms. The average molecular weight is 309 g/mol. The molecule has 0 aliphatic carbocycles. The van der Waals surface area contributed by atoms with Crippen molar-refractivity contribution in [3.63, 3.8) is 0 Å². The van der Waals surface area contributed by atoms with Crippen LogP contribution in [0.5, 0.6) is 0 Å². The number of nitrogens with two attached hydrogens (primary N) is 2. The summed E-state index contributed by atoms with van der Waals surface area (Å²) in [4.78, 5) is 10.9. The maximum absolute atomic E-state index is 12.3. The Labute approximate surface area is 121 Å². The van der Waals surface area contributed by atoms with Crippen molar-refractivity contribution in [2.75, 3.05) is 10.5 Å². The summed E-state index contributed by atoms with van der Waals surface area (Å²) < 4.78 is 27.0. The van der Waals surface area contributed by atoms with Gasteiger partial charge in [-0.3, -0.25) is 14.6 Å². The second kappa shape index (κ2) is 5.09. The first-order valence-electron chi connectivity index (χ1n) is 5.96. The third-order valence-corrected chi connectivity index (χ3v) is 4.48. The van der Waals surface area contributed by atoms with E-state index in [0.717, 1.165) is 5.69 Å². The third kappa shape index (κ3) is 2.82. The van der Waals surface area contributed by atoms with E-state index >= 15 is 0 Å². The highest BCUT2D eigenvalue weighted by Gasteiger charge is 2.21. The normalized spacial score (nSPS) is 11.3. The highest BCUT2D eigenvalue weighted by Crippen LogP contribution is 2.24. The van der Waals surface area contributed by atoms with Crippen molar-refractivity contribution in [3.8, 4) is 0 Å². The monoisotopic (exact) mass is 309 g/mol. The van der Waals surface area contributed by atoms with E-state index in [1.165, 1.54) is 18.2 Å². The van der Waals surface area contributed by atoms with Crippen LogP contribution < -0.4 is 16.2 Å². The van der Waals surface area contributed by atoms with Gasteiger partial charge in [-0.2, -0.15) is 5.10 Å². The first-order chi connectivity index (χ1) is 9.72. The molecule has 8 nitrogen and oxygen atoms in total. The number of anilines is 2. The van der Waals surface area contributed by atoms with E-state index in [1.54, 1.807) is 13.8 Å². The van der Waals surface area contributed by atoms with Crippen LogP contribution in [0.1, 0.15) is 21.6 Å². The Kier molecular flexibility index (Phi) is 3.60. The Bertz CT molecular complexity index is 810. The molecule has 0 saturated heterocycles. The maximum atomic E-state index is 12.3. The molecule has 1 aromatic heterocycles. The summed E-state index contributed by atoms with van der Waals surface area (Å²) in [5, 5.41) is 6.55. The summed E-state index contributed by atoms with van der Waals surface area (Å²) in [6, 6.07) is 3.75. The predicted octanol–water partition coefficient (Wildman–Crippen LogP) is 0.508. The van der Waals surface area contributed by atoms with E-state index in [2.05, 4.69) is 14.9 Å². The molecule has 0 unspecified atom stereocenters. The van der Waals surface area contributed by atoms with Crippen LogP contribution in [0.15, 0.2) is 23.1 Å². The molecule has 0 atom stereocenters. The molecule has 0 aliphatic rings. The maximum Gasteiger partial charge on any atom is 0.265 e. The molecule has 0 fully saturated rings. The van der Waals surface area contributed by atoms with E-state index < -0.39 is 15.9 Å². The van der Waals surface area contributed by atoms with Crippen molar-refractivity contribution >= 4 is 27.4 Å². The average Bonchev–Trinajstić information content (AvgIpc) is 2.69. The van der Waals surface area contributed by atoms with Crippen LogP contribution in [0.2, 0.25) is 0 Å². The van der Waals surface area contributed by atoms with Gasteiger partial charge in [0.1, 0.15) is 4.90 Å². The highest BCUT2D eigenvalue weighted by atomic mass is 32.2. The molecule has 9 heteroatoms. The number of hydrogen-bond donors (Lipinski definition) is 4. The number of hydrogen-bond acceptors (Lipinski definition) is 5. The summed E-state index contributed by atoms with van der Waals surface area (Å²) in [6.07, 6.45) is 0. The van der Waals surface area contributed by atoms with E-state index in [4.69, 9.17) is 11.5 Å². The van der Waals surface area contributed by atoms with Gasteiger partial charge in [-0.05, 0) is 32.0 Å². The lowest BCUT2D eigenvalue weighted by Crippen LogP contribution is -2.17. The van der Waals surface area contributed by atoms with E-state index in [1.807, 2.05) is 0 Å². The van der Waals surface area contributed by atoms with Gasteiger partial charge in [0.2, 0.25) is 5.91 Å². The summed E-state index contributed by atoms with van der Waals surface area (Å²) in [6.45, 7) is 3.51. The zero-order valence-corrected chi connectivity index (χ0v) is 12.3. The number of H-pyrrole nitrogens is 1. The first kappa shape index (κ1) is 14.9. The number of sulfonamides is 1. The molecule has 0 saturated carbocycles. The summed E-state index contributed by atoms with van der Waals surface area (Å²) in [5.74, 6) is -0.483. The largest absolute Gasteiger partial charge is 0.398 e. The zero-order chi connectivity index (χ0) is 15.8. The lowest BCUT2D eigenvalue weighted by Gasteiger charge is -2.09. The number of aromatic amines is 1. The van der Waals surface area contributed by atoms with Crippen LogP contribution in [0.25, 0.3) is 0 Å². The number of carbonyl (C=O) groups is 1. The Morgan fingerprint density at radius 1 is 1.33 bits per heavy atom. The minimum Gasteiger partial charge on any atom is -0.398 e. The molecule has 2 rings (SSSR count). The van der Waals surface area contributed by atoms with Crippen molar-refractivity contribution in [2.24, 2.45) is 5.73 Å². The van der Waals surface area contributed by atoms with Crippen LogP contribution in [0.3, 0.4) is 0 Å². The number of nitrogen functional groups attached to an aromatic ring is 1. The molecular weight excluding hydrogens is 294 g/mol. The minimum absolute atomic E-state index is 0.0660. The van der Waals surface area contributed by atoms with Gasteiger partial charge in [-0.1, -0.05) is 0 Å². The molecule has 0 radical (unpaired) electrons. The van der Waals surface area contributed by atoms with Gasteiger partial charge < -0.3 is 11.5 Å². The summed E-state index contributed by atoms with van der Waals surface area (Å²) >= 11 is 0. The fourth-order valence-corrected chi connectivity index (χ4v) is 2.89. The summed E-state index contributed by atoms with van der Waals surface area (Å²) in [7, 11) is -3.91. The fraction of sp³-hybridized carbons (Fsp3) is 0.167. The number of carbonyl (C=O) groups excluding carboxylic acids is 1. The Balaban J connectivity index is 2.40. The predicted molar refractivity (Wildman–Crippen MR) is 78.2 cm³/mol. The van der Waals surface area contributed by atoms with Crippen LogP contribution in [0.4, 0.5) is 11.5 Å². The number of nitrogens with one attached hydrogen (secondary N) is 2. The van der Waals surface area contributed by atoms with Crippen LogP contribution >= 0.6 is 0 Å². The highest BCUT2D eigenvalue weighted by molar-refractivity contribution is 7.92. The number of rotatable bonds is 4. The molecule has 1 aromatic carbocycles. The van der Waals surface area contributed by atoms with E-state index in [9.17, 15) is 13.2 Å². The van der Waals surface area contributed by atoms with Crippen molar-refractivity contribution < 1.29 is 13.2 Å². The van der Waals surface area contributed by atoms with Crippen LogP contribution in [0, 0.1) is 13.8 Å². The van der Waals surface area contributed by atoms with Crippen LogP contribution in [-0.4, -0.2) is 24.5 Å². The first-order valence-corrected chi connectivity index (χ1v) is 7.44. The van der Waals surface area contributed by atoms with Crippen molar-refractivity contribution in [3.05, 3.63) is 35.0 Å². The molecule has 1 heterocycles. The molecule has 2 aromatic rings. The van der Waals surface area contributed by atoms with Gasteiger partial charge in [0.05, 0.1) is 5.69 Å². The number of nitrogens with zero attached hydrogens (tertiary/aromatic N) is 1. The molecule has 0 spiro atoms. The molecule has 112 valence electrons. The molecule has 21 heavy (non-hydrogen) atoms.